The van der Waals surface area contributed by atoms with Crippen LogP contribution in [0, 0.1) is 0 Å². The van der Waals surface area contributed by atoms with Crippen molar-refractivity contribution in [3.63, 3.8) is 0 Å². The van der Waals surface area contributed by atoms with Gasteiger partial charge in [0.15, 0.2) is 17.2 Å². The van der Waals surface area contributed by atoms with Gasteiger partial charge < -0.3 is 30.7 Å². The molecule has 2 aromatic carbocycles. The van der Waals surface area contributed by atoms with Gasteiger partial charge in [-0.2, -0.15) is 0 Å². The molecule has 0 fully saturated rings. The summed E-state index contributed by atoms with van der Waals surface area (Å²) in [6.45, 7) is 0.323. The smallest absolute Gasteiger partial charge is 0.251 e. The molecule has 3 rings (SSSR count). The number of aromatic hydroxyl groups is 4. The number of H-pyrrole nitrogens is 1. The van der Waals surface area contributed by atoms with Crippen molar-refractivity contribution in [3.05, 3.63) is 47.7 Å². The van der Waals surface area contributed by atoms with E-state index in [0.717, 1.165) is 28.6 Å². The van der Waals surface area contributed by atoms with Gasteiger partial charge >= 0.3 is 0 Å². The van der Waals surface area contributed by atoms with Crippen LogP contribution in [-0.4, -0.2) is 37.9 Å². The highest BCUT2D eigenvalue weighted by Crippen LogP contribution is 2.35. The van der Waals surface area contributed by atoms with Crippen LogP contribution in [0.4, 0.5) is 0 Å². The summed E-state index contributed by atoms with van der Waals surface area (Å²) < 4.78 is 0. The average molecular weight is 328 g/mol. The zero-order valence-electron chi connectivity index (χ0n) is 12.6. The molecule has 0 aliphatic carbocycles. The molecule has 0 radical (unpaired) electrons. The number of aromatic nitrogens is 1. The van der Waals surface area contributed by atoms with Crippen LogP contribution in [0.15, 0.2) is 36.5 Å². The first-order chi connectivity index (χ1) is 11.5. The summed E-state index contributed by atoms with van der Waals surface area (Å²) in [7, 11) is 0. The van der Waals surface area contributed by atoms with Crippen molar-refractivity contribution in [2.75, 3.05) is 6.54 Å². The molecular formula is C17H16N2O5. The molecule has 3 aromatic rings. The zero-order chi connectivity index (χ0) is 17.3. The van der Waals surface area contributed by atoms with E-state index in [9.17, 15) is 25.2 Å². The van der Waals surface area contributed by atoms with Crippen LogP contribution < -0.4 is 5.32 Å². The fraction of sp³-hybridized carbons (Fsp3) is 0.118. The second kappa shape index (κ2) is 6.04. The molecule has 0 saturated carbocycles. The molecule has 0 aliphatic rings. The Balaban J connectivity index is 1.67. The van der Waals surface area contributed by atoms with E-state index in [1.54, 1.807) is 18.2 Å². The number of phenols is 4. The fourth-order valence-corrected chi connectivity index (χ4v) is 2.52. The number of aromatic amines is 1. The zero-order valence-corrected chi connectivity index (χ0v) is 12.6. The summed E-state index contributed by atoms with van der Waals surface area (Å²) >= 11 is 0. The van der Waals surface area contributed by atoms with Crippen LogP contribution in [0.2, 0.25) is 0 Å². The first kappa shape index (κ1) is 15.5. The van der Waals surface area contributed by atoms with E-state index >= 15 is 0 Å². The molecule has 0 aliphatic heterocycles. The maximum absolute atomic E-state index is 12.0. The van der Waals surface area contributed by atoms with Crippen molar-refractivity contribution in [2.24, 2.45) is 0 Å². The summed E-state index contributed by atoms with van der Waals surface area (Å²) in [6, 6.07) is 7.17. The average Bonchev–Trinajstić information content (AvgIpc) is 2.94. The van der Waals surface area contributed by atoms with E-state index in [-0.39, 0.29) is 11.3 Å². The molecule has 124 valence electrons. The molecule has 1 aromatic heterocycles. The Morgan fingerprint density at radius 3 is 2.46 bits per heavy atom. The molecule has 24 heavy (non-hydrogen) atoms. The summed E-state index contributed by atoms with van der Waals surface area (Å²) in [5.41, 5.74) is 1.87. The minimum Gasteiger partial charge on any atom is -0.508 e. The van der Waals surface area contributed by atoms with E-state index in [4.69, 9.17) is 0 Å². The highest BCUT2D eigenvalue weighted by Gasteiger charge is 2.13. The predicted molar refractivity (Wildman–Crippen MR) is 87.4 cm³/mol. The van der Waals surface area contributed by atoms with Crippen molar-refractivity contribution < 1.29 is 25.2 Å². The Kier molecular flexibility index (Phi) is 3.91. The van der Waals surface area contributed by atoms with Gasteiger partial charge in [0.05, 0.1) is 0 Å². The molecule has 1 amide bonds. The molecule has 1 heterocycles. The summed E-state index contributed by atoms with van der Waals surface area (Å²) in [5.74, 6) is -2.10. The molecule has 0 bridgehead atoms. The van der Waals surface area contributed by atoms with Crippen molar-refractivity contribution in [3.8, 4) is 23.0 Å². The maximum atomic E-state index is 12.0. The van der Waals surface area contributed by atoms with Crippen molar-refractivity contribution >= 4 is 16.8 Å². The van der Waals surface area contributed by atoms with Crippen molar-refractivity contribution in [2.45, 2.75) is 6.42 Å². The van der Waals surface area contributed by atoms with Gasteiger partial charge in [0, 0.05) is 29.2 Å². The van der Waals surface area contributed by atoms with E-state index in [1.165, 1.54) is 0 Å². The van der Waals surface area contributed by atoms with Gasteiger partial charge in [-0.15, -0.1) is 0 Å². The number of nitrogens with one attached hydrogen (secondary N) is 2. The quantitative estimate of drug-likeness (QED) is 0.408. The molecule has 6 N–H and O–H groups in total. The summed E-state index contributed by atoms with van der Waals surface area (Å²) in [6.07, 6.45) is 2.35. The van der Waals surface area contributed by atoms with E-state index in [2.05, 4.69) is 10.3 Å². The molecule has 0 atom stereocenters. The van der Waals surface area contributed by atoms with E-state index < -0.39 is 23.2 Å². The highest BCUT2D eigenvalue weighted by molar-refractivity contribution is 5.95. The third-order valence-electron chi connectivity index (χ3n) is 3.76. The number of carbonyl (C=O) groups is 1. The maximum Gasteiger partial charge on any atom is 0.251 e. The number of fused-ring (bicyclic) bond motifs is 1. The largest absolute Gasteiger partial charge is 0.508 e. The molecule has 0 saturated heterocycles. The van der Waals surface area contributed by atoms with Gasteiger partial charge in [0.25, 0.3) is 5.91 Å². The number of carbonyl (C=O) groups excluding carboxylic acids is 1. The van der Waals surface area contributed by atoms with Crippen LogP contribution in [0.1, 0.15) is 15.9 Å². The second-order valence-corrected chi connectivity index (χ2v) is 5.41. The minimum absolute atomic E-state index is 0.0411. The highest BCUT2D eigenvalue weighted by atomic mass is 16.3. The van der Waals surface area contributed by atoms with Gasteiger partial charge in [-0.05, 0) is 42.3 Å². The lowest BCUT2D eigenvalue weighted by molar-refractivity contribution is 0.0953. The predicted octanol–water partition coefficient (Wildman–Crippen LogP) is 1.96. The first-order valence-electron chi connectivity index (χ1n) is 7.28. The lowest BCUT2D eigenvalue weighted by atomic mass is 10.1. The number of benzene rings is 2. The minimum atomic E-state index is -0.662. The third-order valence-corrected chi connectivity index (χ3v) is 3.76. The number of phenolic OH excluding ortho intramolecular Hbond substituents is 4. The summed E-state index contributed by atoms with van der Waals surface area (Å²) in [4.78, 5) is 15.1. The Labute approximate surface area is 136 Å². The Bertz CT molecular complexity index is 893. The topological polar surface area (TPSA) is 126 Å². The summed E-state index contributed by atoms with van der Waals surface area (Å²) in [5, 5.41) is 41.3. The van der Waals surface area contributed by atoms with E-state index in [0.29, 0.717) is 13.0 Å². The standard InChI is InChI=1S/C17H16N2O5/c20-11-1-2-13-12(7-11)9(8-19-13)3-4-18-17(24)10-5-14(21)16(23)15(22)6-10/h1-2,5-8,19-23H,3-4H2,(H,18,24). The second-order valence-electron chi connectivity index (χ2n) is 5.41. The number of hydrogen-bond acceptors (Lipinski definition) is 5. The molecule has 0 spiro atoms. The SMILES string of the molecule is O=C(NCCc1c[nH]c2ccc(O)cc12)c1cc(O)c(O)c(O)c1. The Morgan fingerprint density at radius 1 is 1.04 bits per heavy atom. The number of hydrogen-bond donors (Lipinski definition) is 6. The Hall–Kier alpha value is -3.35. The number of rotatable bonds is 4. The third kappa shape index (κ3) is 2.91. The first-order valence-corrected chi connectivity index (χ1v) is 7.28. The van der Waals surface area contributed by atoms with Crippen LogP contribution in [-0.2, 0) is 6.42 Å². The van der Waals surface area contributed by atoms with Crippen molar-refractivity contribution in [1.82, 2.24) is 10.3 Å². The van der Waals surface area contributed by atoms with Gasteiger partial charge in [0.2, 0.25) is 0 Å². The molecule has 7 heteroatoms. The van der Waals surface area contributed by atoms with Gasteiger partial charge in [-0.3, -0.25) is 4.79 Å². The van der Waals surface area contributed by atoms with Crippen LogP contribution in [0.25, 0.3) is 10.9 Å². The molecular weight excluding hydrogens is 312 g/mol. The lowest BCUT2D eigenvalue weighted by Crippen LogP contribution is -2.25. The number of amides is 1. The fourth-order valence-electron chi connectivity index (χ4n) is 2.52. The normalized spacial score (nSPS) is 10.8. The van der Waals surface area contributed by atoms with Gasteiger partial charge in [-0.1, -0.05) is 0 Å². The monoisotopic (exact) mass is 328 g/mol. The van der Waals surface area contributed by atoms with Gasteiger partial charge in [0.1, 0.15) is 5.75 Å². The Morgan fingerprint density at radius 2 is 1.75 bits per heavy atom. The van der Waals surface area contributed by atoms with Gasteiger partial charge in [-0.25, -0.2) is 0 Å². The molecule has 7 nitrogen and oxygen atoms in total. The van der Waals surface area contributed by atoms with Crippen LogP contribution in [0.3, 0.4) is 0 Å². The van der Waals surface area contributed by atoms with Crippen molar-refractivity contribution in [1.29, 1.82) is 0 Å². The van der Waals surface area contributed by atoms with Crippen LogP contribution >= 0.6 is 0 Å². The van der Waals surface area contributed by atoms with E-state index in [1.807, 2.05) is 6.20 Å². The van der Waals surface area contributed by atoms with Crippen LogP contribution in [0.5, 0.6) is 23.0 Å². The molecule has 0 unspecified atom stereocenters. The lowest BCUT2D eigenvalue weighted by Gasteiger charge is -2.07.